The number of hydrogen-bond acceptors (Lipinski definition) is 1. The standard InChI is InChI=1S/C18H39N/c1-8-11-12-16(10-3)14-18(7,13-9-2)15-19-17(4,5)6/h16,19H,8-15H2,1-7H3. The molecule has 0 saturated carbocycles. The zero-order valence-corrected chi connectivity index (χ0v) is 14.7. The highest BCUT2D eigenvalue weighted by Gasteiger charge is 2.28. The highest BCUT2D eigenvalue weighted by Crippen LogP contribution is 2.34. The summed E-state index contributed by atoms with van der Waals surface area (Å²) in [5.74, 6) is 0.915. The Morgan fingerprint density at radius 1 is 0.947 bits per heavy atom. The first kappa shape index (κ1) is 19.0. The van der Waals surface area contributed by atoms with Gasteiger partial charge in [-0.05, 0) is 44.9 Å². The van der Waals surface area contributed by atoms with Crippen LogP contribution in [-0.2, 0) is 0 Å². The van der Waals surface area contributed by atoms with E-state index in [1.54, 1.807) is 0 Å². The van der Waals surface area contributed by atoms with Crippen molar-refractivity contribution in [2.24, 2.45) is 11.3 Å². The number of rotatable bonds is 10. The lowest BCUT2D eigenvalue weighted by Gasteiger charge is -2.36. The van der Waals surface area contributed by atoms with Gasteiger partial charge in [-0.25, -0.2) is 0 Å². The second kappa shape index (κ2) is 9.00. The molecule has 2 atom stereocenters. The fourth-order valence-corrected chi connectivity index (χ4v) is 2.98. The average Bonchev–Trinajstić information content (AvgIpc) is 2.32. The van der Waals surface area contributed by atoms with E-state index in [1.807, 2.05) is 0 Å². The Hall–Kier alpha value is -0.0400. The number of unbranched alkanes of at least 4 members (excludes halogenated alkanes) is 1. The van der Waals surface area contributed by atoms with Gasteiger partial charge in [-0.15, -0.1) is 0 Å². The van der Waals surface area contributed by atoms with Gasteiger partial charge in [-0.1, -0.05) is 59.8 Å². The van der Waals surface area contributed by atoms with Crippen molar-refractivity contribution in [3.05, 3.63) is 0 Å². The average molecular weight is 270 g/mol. The van der Waals surface area contributed by atoms with E-state index in [4.69, 9.17) is 0 Å². The summed E-state index contributed by atoms with van der Waals surface area (Å²) in [6, 6.07) is 0. The summed E-state index contributed by atoms with van der Waals surface area (Å²) >= 11 is 0. The minimum absolute atomic E-state index is 0.236. The summed E-state index contributed by atoms with van der Waals surface area (Å²) in [4.78, 5) is 0. The smallest absolute Gasteiger partial charge is 0.00967 e. The molecule has 0 bridgehead atoms. The molecule has 0 aliphatic rings. The molecule has 0 spiro atoms. The first-order valence-electron chi connectivity index (χ1n) is 8.51. The molecule has 116 valence electrons. The van der Waals surface area contributed by atoms with Gasteiger partial charge in [0.15, 0.2) is 0 Å². The zero-order valence-electron chi connectivity index (χ0n) is 14.7. The minimum Gasteiger partial charge on any atom is -0.312 e. The Balaban J connectivity index is 4.48. The monoisotopic (exact) mass is 269 g/mol. The van der Waals surface area contributed by atoms with Gasteiger partial charge in [0.1, 0.15) is 0 Å². The normalized spacial score (nSPS) is 17.2. The third-order valence-corrected chi connectivity index (χ3v) is 4.22. The van der Waals surface area contributed by atoms with E-state index >= 15 is 0 Å². The molecule has 0 rings (SSSR count). The second-order valence-electron chi connectivity index (χ2n) is 7.78. The molecule has 0 heterocycles. The van der Waals surface area contributed by atoms with Crippen molar-refractivity contribution >= 4 is 0 Å². The lowest BCUT2D eigenvalue weighted by atomic mass is 9.75. The van der Waals surface area contributed by atoms with Crippen molar-refractivity contribution < 1.29 is 0 Å². The van der Waals surface area contributed by atoms with Crippen molar-refractivity contribution in [2.45, 2.75) is 99.0 Å². The summed E-state index contributed by atoms with van der Waals surface area (Å²) in [5.41, 5.74) is 0.705. The highest BCUT2D eigenvalue weighted by atomic mass is 15.0. The van der Waals surface area contributed by atoms with Crippen LogP contribution in [0.2, 0.25) is 0 Å². The fourth-order valence-electron chi connectivity index (χ4n) is 2.98. The molecule has 0 aliphatic carbocycles. The highest BCUT2D eigenvalue weighted by molar-refractivity contribution is 4.83. The van der Waals surface area contributed by atoms with Crippen LogP contribution >= 0.6 is 0 Å². The number of hydrogen-bond donors (Lipinski definition) is 1. The molecule has 0 aromatic carbocycles. The second-order valence-corrected chi connectivity index (χ2v) is 7.78. The Bertz CT molecular complexity index is 216. The minimum atomic E-state index is 0.236. The lowest BCUT2D eigenvalue weighted by Crippen LogP contribution is -2.43. The summed E-state index contributed by atoms with van der Waals surface area (Å²) in [7, 11) is 0. The molecule has 1 nitrogen and oxygen atoms in total. The quantitative estimate of drug-likeness (QED) is 0.529. The van der Waals surface area contributed by atoms with Gasteiger partial charge in [0.2, 0.25) is 0 Å². The van der Waals surface area contributed by atoms with Crippen LogP contribution in [0, 0.1) is 11.3 Å². The van der Waals surface area contributed by atoms with E-state index in [0.717, 1.165) is 12.5 Å². The molecule has 0 aromatic rings. The van der Waals surface area contributed by atoms with Gasteiger partial charge in [-0.2, -0.15) is 0 Å². The van der Waals surface area contributed by atoms with Crippen LogP contribution in [-0.4, -0.2) is 12.1 Å². The lowest BCUT2D eigenvalue weighted by molar-refractivity contribution is 0.183. The molecular weight excluding hydrogens is 230 g/mol. The van der Waals surface area contributed by atoms with Crippen LogP contribution in [0.1, 0.15) is 93.4 Å². The van der Waals surface area contributed by atoms with Crippen molar-refractivity contribution in [3.8, 4) is 0 Å². The van der Waals surface area contributed by atoms with Crippen LogP contribution in [0.4, 0.5) is 0 Å². The van der Waals surface area contributed by atoms with E-state index in [0.29, 0.717) is 5.41 Å². The predicted molar refractivity (Wildman–Crippen MR) is 88.7 cm³/mol. The van der Waals surface area contributed by atoms with Gasteiger partial charge in [-0.3, -0.25) is 0 Å². The van der Waals surface area contributed by atoms with Gasteiger partial charge in [0.05, 0.1) is 0 Å². The third-order valence-electron chi connectivity index (χ3n) is 4.22. The van der Waals surface area contributed by atoms with Gasteiger partial charge < -0.3 is 5.32 Å². The Labute approximate surface area is 122 Å². The molecule has 19 heavy (non-hydrogen) atoms. The maximum atomic E-state index is 3.73. The van der Waals surface area contributed by atoms with Crippen molar-refractivity contribution in [3.63, 3.8) is 0 Å². The number of nitrogens with one attached hydrogen (secondary N) is 1. The van der Waals surface area contributed by atoms with Crippen LogP contribution in [0.15, 0.2) is 0 Å². The maximum Gasteiger partial charge on any atom is 0.00967 e. The Kier molecular flexibility index (Phi) is 8.98. The molecule has 0 radical (unpaired) electrons. The molecule has 2 unspecified atom stereocenters. The Morgan fingerprint density at radius 3 is 2.00 bits per heavy atom. The van der Waals surface area contributed by atoms with Crippen LogP contribution in [0.3, 0.4) is 0 Å². The van der Waals surface area contributed by atoms with Gasteiger partial charge >= 0.3 is 0 Å². The van der Waals surface area contributed by atoms with Crippen LogP contribution in [0.25, 0.3) is 0 Å². The molecule has 1 heteroatoms. The molecule has 0 aliphatic heterocycles. The maximum absolute atomic E-state index is 3.73. The molecule has 1 N–H and O–H groups in total. The van der Waals surface area contributed by atoms with E-state index in [1.165, 1.54) is 44.9 Å². The van der Waals surface area contributed by atoms with Gasteiger partial charge in [0, 0.05) is 12.1 Å². The van der Waals surface area contributed by atoms with Crippen molar-refractivity contribution in [1.82, 2.24) is 5.32 Å². The summed E-state index contributed by atoms with van der Waals surface area (Å²) in [6.07, 6.45) is 9.52. The van der Waals surface area contributed by atoms with Gasteiger partial charge in [0.25, 0.3) is 0 Å². The Morgan fingerprint density at radius 2 is 1.58 bits per heavy atom. The molecule has 0 aromatic heterocycles. The van der Waals surface area contributed by atoms with E-state index in [9.17, 15) is 0 Å². The summed E-state index contributed by atoms with van der Waals surface area (Å²) in [6.45, 7) is 17.5. The SMILES string of the molecule is CCCCC(CC)CC(C)(CCC)CNC(C)(C)C. The van der Waals surface area contributed by atoms with Crippen molar-refractivity contribution in [1.29, 1.82) is 0 Å². The molecule has 0 fully saturated rings. The molecular formula is C18H39N. The molecule has 0 amide bonds. The largest absolute Gasteiger partial charge is 0.312 e. The summed E-state index contributed by atoms with van der Waals surface area (Å²) in [5, 5.41) is 3.73. The fraction of sp³-hybridized carbons (Fsp3) is 1.00. The molecule has 0 saturated heterocycles. The first-order valence-corrected chi connectivity index (χ1v) is 8.51. The topological polar surface area (TPSA) is 12.0 Å². The first-order chi connectivity index (χ1) is 8.76. The summed E-state index contributed by atoms with van der Waals surface area (Å²) < 4.78 is 0. The third kappa shape index (κ3) is 9.49. The van der Waals surface area contributed by atoms with Crippen molar-refractivity contribution in [2.75, 3.05) is 6.54 Å². The zero-order chi connectivity index (χ0) is 14.9. The van der Waals surface area contributed by atoms with Crippen LogP contribution in [0.5, 0.6) is 0 Å². The van der Waals surface area contributed by atoms with E-state index < -0.39 is 0 Å². The predicted octanol–water partition coefficient (Wildman–Crippen LogP) is 5.79. The van der Waals surface area contributed by atoms with Crippen LogP contribution < -0.4 is 5.32 Å². The van der Waals surface area contributed by atoms with E-state index in [2.05, 4.69) is 53.8 Å². The van der Waals surface area contributed by atoms with E-state index in [-0.39, 0.29) is 5.54 Å².